The van der Waals surface area contributed by atoms with E-state index in [1.807, 2.05) is 5.32 Å². The number of hydrogen-bond acceptors (Lipinski definition) is 4. The van der Waals surface area contributed by atoms with Crippen LogP contribution in [0, 0.1) is 0 Å². The van der Waals surface area contributed by atoms with Gasteiger partial charge in [-0.3, -0.25) is 4.79 Å². The van der Waals surface area contributed by atoms with Crippen molar-refractivity contribution in [2.24, 2.45) is 0 Å². The first-order chi connectivity index (χ1) is 4.88. The molecule has 1 N–H and O–H groups in total. The summed E-state index contributed by atoms with van der Waals surface area (Å²) in [7, 11) is -4.39. The van der Waals surface area contributed by atoms with Crippen LogP contribution in [0.5, 0.6) is 0 Å². The zero-order valence-electron chi connectivity index (χ0n) is 7.33. The predicted molar refractivity (Wildman–Crippen MR) is 37.6 cm³/mol. The second-order valence-corrected chi connectivity index (χ2v) is 3.64. The standard InChI is InChI=1S/C5H11NO4S.Na/c1-3-5(6-4(2)7)11(8,9)10;/h5H,3H2,1-2H3,(H,6,7)(H,8,9,10);/q;+1/p-1. The maximum absolute atomic E-state index is 10.3. The molecule has 0 aliphatic rings. The molecule has 7 heteroatoms. The quantitative estimate of drug-likeness (QED) is 0.379. The summed E-state index contributed by atoms with van der Waals surface area (Å²) in [4.78, 5) is 10.3. The summed E-state index contributed by atoms with van der Waals surface area (Å²) in [6.45, 7) is 2.67. The zero-order chi connectivity index (χ0) is 9.07. The number of carbonyl (C=O) groups is 1. The van der Waals surface area contributed by atoms with Gasteiger partial charge in [-0.15, -0.1) is 0 Å². The van der Waals surface area contributed by atoms with E-state index >= 15 is 0 Å². The van der Waals surface area contributed by atoms with Crippen molar-refractivity contribution in [3.05, 3.63) is 0 Å². The van der Waals surface area contributed by atoms with E-state index in [1.54, 1.807) is 0 Å². The molecular formula is C5H10NNaO4S. The van der Waals surface area contributed by atoms with Crippen LogP contribution in [0.15, 0.2) is 0 Å². The van der Waals surface area contributed by atoms with Crippen molar-refractivity contribution in [2.75, 3.05) is 0 Å². The van der Waals surface area contributed by atoms with Crippen molar-refractivity contribution in [3.63, 3.8) is 0 Å². The minimum atomic E-state index is -4.39. The van der Waals surface area contributed by atoms with Crippen LogP contribution in [-0.2, 0) is 14.9 Å². The van der Waals surface area contributed by atoms with Gasteiger partial charge in [0.15, 0.2) is 0 Å². The van der Waals surface area contributed by atoms with Crippen molar-refractivity contribution in [1.29, 1.82) is 0 Å². The van der Waals surface area contributed by atoms with E-state index in [0.717, 1.165) is 6.92 Å². The molecule has 0 aromatic heterocycles. The Kier molecular flexibility index (Phi) is 7.35. The van der Waals surface area contributed by atoms with Gasteiger partial charge in [-0.25, -0.2) is 8.42 Å². The van der Waals surface area contributed by atoms with Crippen LogP contribution in [-0.4, -0.2) is 24.3 Å². The van der Waals surface area contributed by atoms with E-state index in [2.05, 4.69) is 0 Å². The molecule has 0 aliphatic heterocycles. The fourth-order valence-corrected chi connectivity index (χ4v) is 1.32. The minimum absolute atomic E-state index is 0. The van der Waals surface area contributed by atoms with Crippen LogP contribution < -0.4 is 34.9 Å². The molecule has 66 valence electrons. The van der Waals surface area contributed by atoms with Crippen LogP contribution in [0.4, 0.5) is 0 Å². The molecule has 1 unspecified atom stereocenters. The Morgan fingerprint density at radius 3 is 2.08 bits per heavy atom. The molecule has 0 aromatic rings. The fraction of sp³-hybridized carbons (Fsp3) is 0.800. The number of rotatable bonds is 3. The molecule has 5 nitrogen and oxygen atoms in total. The Bertz CT molecular complexity index is 238. The normalized spacial score (nSPS) is 12.9. The summed E-state index contributed by atoms with van der Waals surface area (Å²) in [6.07, 6.45) is 0.0887. The number of carbonyl (C=O) groups excluding carboxylic acids is 1. The maximum atomic E-state index is 10.3. The maximum Gasteiger partial charge on any atom is 1.00 e. The Balaban J connectivity index is 0. The minimum Gasteiger partial charge on any atom is -0.746 e. The summed E-state index contributed by atoms with van der Waals surface area (Å²) >= 11 is 0. The van der Waals surface area contributed by atoms with E-state index in [4.69, 9.17) is 0 Å². The molecule has 0 saturated carbocycles. The van der Waals surface area contributed by atoms with Gasteiger partial charge in [0.05, 0.1) is 0 Å². The Morgan fingerprint density at radius 2 is 2.00 bits per heavy atom. The van der Waals surface area contributed by atoms with Crippen molar-refractivity contribution in [1.82, 2.24) is 5.32 Å². The largest absolute Gasteiger partial charge is 1.00 e. The van der Waals surface area contributed by atoms with Gasteiger partial charge in [0.25, 0.3) is 0 Å². The molecule has 0 rings (SSSR count). The van der Waals surface area contributed by atoms with Gasteiger partial charge in [0, 0.05) is 6.92 Å². The van der Waals surface area contributed by atoms with E-state index in [-0.39, 0.29) is 36.0 Å². The average Bonchev–Trinajstić information content (AvgIpc) is 1.79. The fourth-order valence-electron chi connectivity index (χ4n) is 0.605. The van der Waals surface area contributed by atoms with E-state index in [0.29, 0.717) is 0 Å². The average molecular weight is 203 g/mol. The number of amides is 1. The van der Waals surface area contributed by atoms with Crippen LogP contribution in [0.2, 0.25) is 0 Å². The molecule has 0 fully saturated rings. The summed E-state index contributed by atoms with van der Waals surface area (Å²) in [5.74, 6) is -0.517. The third-order valence-corrected chi connectivity index (χ3v) is 2.23. The molecule has 0 radical (unpaired) electrons. The predicted octanol–water partition coefficient (Wildman–Crippen LogP) is -3.59. The van der Waals surface area contributed by atoms with Crippen LogP contribution in [0.3, 0.4) is 0 Å². The van der Waals surface area contributed by atoms with E-state index in [1.165, 1.54) is 6.92 Å². The molecule has 0 heterocycles. The monoisotopic (exact) mass is 203 g/mol. The molecule has 0 aromatic carbocycles. The summed E-state index contributed by atoms with van der Waals surface area (Å²) < 4.78 is 31.0. The van der Waals surface area contributed by atoms with Gasteiger partial charge in [-0.05, 0) is 6.42 Å². The Morgan fingerprint density at radius 1 is 1.58 bits per heavy atom. The van der Waals surface area contributed by atoms with Crippen LogP contribution in [0.25, 0.3) is 0 Å². The van der Waals surface area contributed by atoms with E-state index < -0.39 is 21.4 Å². The first-order valence-corrected chi connectivity index (χ1v) is 4.57. The van der Waals surface area contributed by atoms with Gasteiger partial charge in [0.2, 0.25) is 5.91 Å². The molecule has 0 aliphatic carbocycles. The third-order valence-electron chi connectivity index (χ3n) is 1.08. The van der Waals surface area contributed by atoms with Gasteiger partial charge in [-0.2, -0.15) is 0 Å². The van der Waals surface area contributed by atoms with Gasteiger partial charge < -0.3 is 9.87 Å². The van der Waals surface area contributed by atoms with E-state index in [9.17, 15) is 17.8 Å². The number of hydrogen-bond donors (Lipinski definition) is 1. The van der Waals surface area contributed by atoms with Gasteiger partial charge in [-0.1, -0.05) is 6.92 Å². The number of nitrogens with one attached hydrogen (secondary N) is 1. The van der Waals surface area contributed by atoms with Gasteiger partial charge >= 0.3 is 29.6 Å². The molecular weight excluding hydrogens is 193 g/mol. The van der Waals surface area contributed by atoms with Crippen LogP contribution >= 0.6 is 0 Å². The third kappa shape index (κ3) is 5.96. The van der Waals surface area contributed by atoms with Crippen molar-refractivity contribution in [3.8, 4) is 0 Å². The molecule has 0 saturated heterocycles. The molecule has 0 bridgehead atoms. The Hall–Kier alpha value is 0.380. The van der Waals surface area contributed by atoms with Crippen molar-refractivity contribution < 1.29 is 47.3 Å². The molecule has 12 heavy (non-hydrogen) atoms. The molecule has 1 amide bonds. The SMILES string of the molecule is CCC(NC(C)=O)S(=O)(=O)[O-].[Na+]. The summed E-state index contributed by atoms with van der Waals surface area (Å²) in [6, 6.07) is 0. The van der Waals surface area contributed by atoms with Gasteiger partial charge in [0.1, 0.15) is 15.5 Å². The molecule has 0 spiro atoms. The molecule has 1 atom stereocenters. The van der Waals surface area contributed by atoms with Crippen LogP contribution in [0.1, 0.15) is 20.3 Å². The summed E-state index contributed by atoms with van der Waals surface area (Å²) in [5, 5.41) is 0.738. The van der Waals surface area contributed by atoms with Crippen molar-refractivity contribution in [2.45, 2.75) is 25.6 Å². The second kappa shape index (κ2) is 5.93. The topological polar surface area (TPSA) is 86.3 Å². The first kappa shape index (κ1) is 14.9. The smallest absolute Gasteiger partial charge is 0.746 e. The Labute approximate surface area is 94.0 Å². The zero-order valence-corrected chi connectivity index (χ0v) is 10.1. The first-order valence-electron chi connectivity index (χ1n) is 3.09. The van der Waals surface area contributed by atoms with Crippen molar-refractivity contribution >= 4 is 16.0 Å². The summed E-state index contributed by atoms with van der Waals surface area (Å²) in [5.41, 5.74) is 0. The second-order valence-electron chi connectivity index (χ2n) is 2.09.